The fourth-order valence-electron chi connectivity index (χ4n) is 2.62. The largest absolute Gasteiger partial charge is 0.389 e. The lowest BCUT2D eigenvalue weighted by Gasteiger charge is -2.39. The maximum absolute atomic E-state index is 6.23. The monoisotopic (exact) mass is 282 g/mol. The Kier molecular flexibility index (Phi) is 4.13. The van der Waals surface area contributed by atoms with Gasteiger partial charge in [-0.2, -0.15) is 0 Å². The normalized spacial score (nSPS) is 24.1. The van der Waals surface area contributed by atoms with E-state index in [1.165, 1.54) is 12.8 Å². The van der Waals surface area contributed by atoms with Gasteiger partial charge in [-0.25, -0.2) is 0 Å². The first kappa shape index (κ1) is 13.6. The molecule has 0 amide bonds. The Labute approximate surface area is 119 Å². The Hall–Kier alpha value is -0.800. The standard InChI is InChI=1S/C14H19ClN2S/c1-9-6-7-10(2)17(8-9)12-5-3-4-11(15)13(12)14(16)18/h3-5,9-10H,6-8H2,1-2H3,(H2,16,18). The molecule has 1 heterocycles. The molecule has 0 aliphatic carbocycles. The van der Waals surface area contributed by atoms with E-state index in [1.807, 2.05) is 12.1 Å². The molecule has 2 rings (SSSR count). The highest BCUT2D eigenvalue weighted by Gasteiger charge is 2.25. The molecule has 2 N–H and O–H groups in total. The van der Waals surface area contributed by atoms with E-state index in [0.717, 1.165) is 17.8 Å². The molecule has 18 heavy (non-hydrogen) atoms. The molecule has 2 atom stereocenters. The van der Waals surface area contributed by atoms with Crippen LogP contribution in [0.5, 0.6) is 0 Å². The van der Waals surface area contributed by atoms with Crippen LogP contribution in [-0.4, -0.2) is 17.6 Å². The number of thiocarbonyl (C=S) groups is 1. The number of hydrogen-bond acceptors (Lipinski definition) is 2. The van der Waals surface area contributed by atoms with Crippen LogP contribution >= 0.6 is 23.8 Å². The first-order valence-electron chi connectivity index (χ1n) is 6.35. The number of halogens is 1. The van der Waals surface area contributed by atoms with Crippen molar-refractivity contribution in [2.75, 3.05) is 11.4 Å². The van der Waals surface area contributed by atoms with Crippen molar-refractivity contribution >= 4 is 34.5 Å². The number of hydrogen-bond donors (Lipinski definition) is 1. The van der Waals surface area contributed by atoms with Crippen molar-refractivity contribution in [3.63, 3.8) is 0 Å². The van der Waals surface area contributed by atoms with Gasteiger partial charge in [-0.05, 0) is 37.8 Å². The second-order valence-electron chi connectivity index (χ2n) is 5.18. The van der Waals surface area contributed by atoms with Gasteiger partial charge in [0.1, 0.15) is 4.99 Å². The van der Waals surface area contributed by atoms with Gasteiger partial charge < -0.3 is 10.6 Å². The maximum atomic E-state index is 6.23. The predicted octanol–water partition coefficient (Wildman–Crippen LogP) is 3.60. The lowest BCUT2D eigenvalue weighted by Crippen LogP contribution is -2.42. The topological polar surface area (TPSA) is 29.3 Å². The summed E-state index contributed by atoms with van der Waals surface area (Å²) in [7, 11) is 0. The molecular formula is C14H19ClN2S. The summed E-state index contributed by atoms with van der Waals surface area (Å²) in [5, 5.41) is 0.644. The summed E-state index contributed by atoms with van der Waals surface area (Å²) in [6.07, 6.45) is 2.48. The Balaban J connectivity index is 2.43. The van der Waals surface area contributed by atoms with Crippen molar-refractivity contribution < 1.29 is 0 Å². The molecule has 2 unspecified atom stereocenters. The Morgan fingerprint density at radius 3 is 2.78 bits per heavy atom. The second kappa shape index (κ2) is 5.45. The Morgan fingerprint density at radius 2 is 2.11 bits per heavy atom. The molecule has 0 spiro atoms. The van der Waals surface area contributed by atoms with Gasteiger partial charge in [0.05, 0.1) is 10.6 Å². The highest BCUT2D eigenvalue weighted by Crippen LogP contribution is 2.33. The van der Waals surface area contributed by atoms with Crippen LogP contribution in [0.1, 0.15) is 32.3 Å². The number of nitrogens with two attached hydrogens (primary N) is 1. The van der Waals surface area contributed by atoms with Gasteiger partial charge in [0, 0.05) is 18.3 Å². The number of anilines is 1. The van der Waals surface area contributed by atoms with Crippen LogP contribution in [0.3, 0.4) is 0 Å². The van der Waals surface area contributed by atoms with E-state index < -0.39 is 0 Å². The average Bonchev–Trinajstić information content (AvgIpc) is 2.31. The van der Waals surface area contributed by atoms with Crippen LogP contribution in [-0.2, 0) is 0 Å². The quantitative estimate of drug-likeness (QED) is 0.841. The third-order valence-corrected chi connectivity index (χ3v) is 4.18. The van der Waals surface area contributed by atoms with E-state index in [0.29, 0.717) is 22.0 Å². The van der Waals surface area contributed by atoms with Crippen LogP contribution in [0.2, 0.25) is 5.02 Å². The molecule has 0 radical (unpaired) electrons. The summed E-state index contributed by atoms with van der Waals surface area (Å²) in [5.41, 5.74) is 7.72. The lowest BCUT2D eigenvalue weighted by atomic mass is 9.93. The van der Waals surface area contributed by atoms with E-state index in [9.17, 15) is 0 Å². The molecule has 0 aromatic heterocycles. The van der Waals surface area contributed by atoms with Crippen LogP contribution in [0.4, 0.5) is 5.69 Å². The third kappa shape index (κ3) is 2.62. The first-order valence-corrected chi connectivity index (χ1v) is 7.14. The van der Waals surface area contributed by atoms with Crippen LogP contribution in [0.25, 0.3) is 0 Å². The van der Waals surface area contributed by atoms with E-state index >= 15 is 0 Å². The molecular weight excluding hydrogens is 264 g/mol. The number of rotatable bonds is 2. The summed E-state index contributed by atoms with van der Waals surface area (Å²) in [4.78, 5) is 2.76. The molecule has 1 aliphatic rings. The molecule has 1 fully saturated rings. The van der Waals surface area contributed by atoms with Crippen molar-refractivity contribution in [1.82, 2.24) is 0 Å². The molecule has 1 saturated heterocycles. The smallest absolute Gasteiger partial charge is 0.107 e. The average molecular weight is 283 g/mol. The van der Waals surface area contributed by atoms with Crippen molar-refractivity contribution in [2.45, 2.75) is 32.7 Å². The molecule has 4 heteroatoms. The van der Waals surface area contributed by atoms with Crippen molar-refractivity contribution in [3.05, 3.63) is 28.8 Å². The summed E-state index contributed by atoms with van der Waals surface area (Å²) >= 11 is 11.4. The van der Waals surface area contributed by atoms with Crippen LogP contribution in [0, 0.1) is 5.92 Å². The Morgan fingerprint density at radius 1 is 1.39 bits per heavy atom. The van der Waals surface area contributed by atoms with Gasteiger partial charge in [-0.1, -0.05) is 36.8 Å². The highest BCUT2D eigenvalue weighted by atomic mass is 35.5. The van der Waals surface area contributed by atoms with E-state index in [1.54, 1.807) is 0 Å². The van der Waals surface area contributed by atoms with E-state index in [4.69, 9.17) is 29.6 Å². The Bertz CT molecular complexity index is 461. The third-order valence-electron chi connectivity index (χ3n) is 3.67. The van der Waals surface area contributed by atoms with Crippen molar-refractivity contribution in [3.8, 4) is 0 Å². The minimum absolute atomic E-state index is 0.376. The predicted molar refractivity (Wildman–Crippen MR) is 82.5 cm³/mol. The van der Waals surface area contributed by atoms with Crippen LogP contribution < -0.4 is 10.6 Å². The summed E-state index contributed by atoms with van der Waals surface area (Å²) in [6, 6.07) is 6.38. The summed E-state index contributed by atoms with van der Waals surface area (Å²) in [5.74, 6) is 0.694. The summed E-state index contributed by atoms with van der Waals surface area (Å²) < 4.78 is 0. The van der Waals surface area contributed by atoms with Crippen molar-refractivity contribution in [1.29, 1.82) is 0 Å². The minimum Gasteiger partial charge on any atom is -0.389 e. The molecule has 98 valence electrons. The number of piperidine rings is 1. The van der Waals surface area contributed by atoms with Gasteiger partial charge in [-0.3, -0.25) is 0 Å². The zero-order valence-electron chi connectivity index (χ0n) is 10.8. The molecule has 0 saturated carbocycles. The van der Waals surface area contributed by atoms with E-state index in [-0.39, 0.29) is 0 Å². The van der Waals surface area contributed by atoms with Crippen LogP contribution in [0.15, 0.2) is 18.2 Å². The minimum atomic E-state index is 0.376. The molecule has 2 nitrogen and oxygen atoms in total. The van der Waals surface area contributed by atoms with Gasteiger partial charge in [0.25, 0.3) is 0 Å². The van der Waals surface area contributed by atoms with Gasteiger partial charge >= 0.3 is 0 Å². The summed E-state index contributed by atoms with van der Waals surface area (Å²) in [6.45, 7) is 5.57. The zero-order chi connectivity index (χ0) is 13.3. The fourth-order valence-corrected chi connectivity index (χ4v) is 3.16. The SMILES string of the molecule is CC1CCC(C)N(c2cccc(Cl)c2C(N)=S)C1. The lowest BCUT2D eigenvalue weighted by molar-refractivity contribution is 0.390. The fraction of sp³-hybridized carbons (Fsp3) is 0.500. The molecule has 0 bridgehead atoms. The van der Waals surface area contributed by atoms with Gasteiger partial charge in [-0.15, -0.1) is 0 Å². The van der Waals surface area contributed by atoms with Gasteiger partial charge in [0.15, 0.2) is 0 Å². The molecule has 1 aromatic carbocycles. The first-order chi connectivity index (χ1) is 8.50. The van der Waals surface area contributed by atoms with Gasteiger partial charge in [0.2, 0.25) is 0 Å². The number of nitrogens with zero attached hydrogens (tertiary/aromatic N) is 1. The van der Waals surface area contributed by atoms with Crippen molar-refractivity contribution in [2.24, 2.45) is 11.7 Å². The highest BCUT2D eigenvalue weighted by molar-refractivity contribution is 7.80. The maximum Gasteiger partial charge on any atom is 0.107 e. The van der Waals surface area contributed by atoms with E-state index in [2.05, 4.69) is 24.8 Å². The zero-order valence-corrected chi connectivity index (χ0v) is 12.4. The number of benzene rings is 1. The molecule has 1 aromatic rings. The molecule has 1 aliphatic heterocycles. The second-order valence-corrected chi connectivity index (χ2v) is 6.03.